The quantitative estimate of drug-likeness (QED) is 0.382. The Balaban J connectivity index is 1.33. The van der Waals surface area contributed by atoms with Gasteiger partial charge in [0, 0.05) is 51.0 Å². The molecule has 1 aromatic carbocycles. The molecule has 0 atom stereocenters. The number of nitrogens with zero attached hydrogens (tertiary/aromatic N) is 4. The van der Waals surface area contributed by atoms with Crippen LogP contribution in [0.5, 0.6) is 5.75 Å². The number of aromatic nitrogens is 3. The molecule has 0 saturated carbocycles. The topological polar surface area (TPSA) is 102 Å². The van der Waals surface area contributed by atoms with Crippen LogP contribution in [0.1, 0.15) is 37.3 Å². The molecule has 9 heteroatoms. The highest BCUT2D eigenvalue weighted by atomic mass is 16.5. The molecule has 0 aliphatic carbocycles. The second-order valence-electron chi connectivity index (χ2n) is 9.73. The molecule has 188 valence electrons. The van der Waals surface area contributed by atoms with E-state index in [0.29, 0.717) is 6.54 Å². The molecule has 0 radical (unpaired) electrons. The summed E-state index contributed by atoms with van der Waals surface area (Å²) in [5.74, 6) is 1.97. The minimum Gasteiger partial charge on any atom is -0.496 e. The van der Waals surface area contributed by atoms with Crippen molar-refractivity contribution in [1.82, 2.24) is 24.8 Å². The number of fused-ring (bicyclic) bond motifs is 1. The van der Waals surface area contributed by atoms with Crippen molar-refractivity contribution in [3.63, 3.8) is 0 Å². The molecular formula is C26H37N7O2. The summed E-state index contributed by atoms with van der Waals surface area (Å²) in [6.45, 7) is 9.23. The zero-order chi connectivity index (χ0) is 24.3. The van der Waals surface area contributed by atoms with Gasteiger partial charge in [0.1, 0.15) is 16.9 Å². The van der Waals surface area contributed by atoms with Gasteiger partial charge in [-0.05, 0) is 24.1 Å². The number of nitrogens with one attached hydrogen (secondary N) is 2. The fourth-order valence-corrected chi connectivity index (χ4v) is 5.10. The van der Waals surface area contributed by atoms with Crippen molar-refractivity contribution in [2.24, 2.45) is 0 Å². The van der Waals surface area contributed by atoms with Gasteiger partial charge in [-0.25, -0.2) is 4.98 Å². The van der Waals surface area contributed by atoms with Gasteiger partial charge < -0.3 is 30.4 Å². The van der Waals surface area contributed by atoms with Crippen molar-refractivity contribution >= 4 is 22.8 Å². The van der Waals surface area contributed by atoms with E-state index in [0.717, 1.165) is 80.5 Å². The predicted octanol–water partition coefficient (Wildman–Crippen LogP) is 2.85. The standard InChI is InChI=1S/C26H37N7O2/c1-3-4-5-9-29-24-23-21(30-25(27)31-24)8-10-33(23)15-20-7-6-19(13-22(20)34-2)14-32-11-12-35-26(18-32)16-28-17-26/h6-8,10,13,28H,3-5,9,11-12,14-18H2,1-2H3,(H3,27,29,30,31). The Bertz CT molecular complexity index is 1160. The number of unbranched alkanes of at least 4 members (excludes halogenated alkanes) is 2. The zero-order valence-corrected chi connectivity index (χ0v) is 20.8. The van der Waals surface area contributed by atoms with Gasteiger partial charge in [0.25, 0.3) is 0 Å². The monoisotopic (exact) mass is 479 g/mol. The van der Waals surface area contributed by atoms with Crippen LogP contribution < -0.4 is 21.1 Å². The van der Waals surface area contributed by atoms with Crippen molar-refractivity contribution in [3.8, 4) is 5.75 Å². The summed E-state index contributed by atoms with van der Waals surface area (Å²) >= 11 is 0. The van der Waals surface area contributed by atoms with Crippen LogP contribution in [0.4, 0.5) is 11.8 Å². The smallest absolute Gasteiger partial charge is 0.222 e. The Hall–Kier alpha value is -2.88. The SMILES string of the molecule is CCCCCNc1nc(N)nc2ccn(Cc3ccc(CN4CCOC5(CNC5)C4)cc3OC)c12. The lowest BCUT2D eigenvalue weighted by Crippen LogP contribution is -2.68. The van der Waals surface area contributed by atoms with Crippen LogP contribution in [-0.4, -0.2) is 71.5 Å². The number of hydrogen-bond donors (Lipinski definition) is 3. The maximum absolute atomic E-state index is 6.03. The van der Waals surface area contributed by atoms with Crippen LogP contribution in [0.25, 0.3) is 11.0 Å². The molecule has 0 amide bonds. The molecule has 1 spiro atoms. The van der Waals surface area contributed by atoms with Gasteiger partial charge in [-0.15, -0.1) is 0 Å². The molecule has 2 saturated heterocycles. The summed E-state index contributed by atoms with van der Waals surface area (Å²) in [6.07, 6.45) is 5.50. The number of rotatable bonds is 10. The summed E-state index contributed by atoms with van der Waals surface area (Å²) < 4.78 is 14.0. The van der Waals surface area contributed by atoms with Gasteiger partial charge in [-0.2, -0.15) is 4.98 Å². The van der Waals surface area contributed by atoms with Crippen LogP contribution in [-0.2, 0) is 17.8 Å². The van der Waals surface area contributed by atoms with E-state index in [9.17, 15) is 0 Å². The Kier molecular flexibility index (Phi) is 7.08. The largest absolute Gasteiger partial charge is 0.496 e. The summed E-state index contributed by atoms with van der Waals surface area (Å²) in [6, 6.07) is 8.55. The number of morpholine rings is 1. The third-order valence-electron chi connectivity index (χ3n) is 7.02. The number of ether oxygens (including phenoxy) is 2. The number of anilines is 2. The Morgan fingerprint density at radius 3 is 2.86 bits per heavy atom. The van der Waals surface area contributed by atoms with E-state index in [1.807, 2.05) is 12.3 Å². The van der Waals surface area contributed by atoms with Gasteiger partial charge in [-0.1, -0.05) is 31.9 Å². The van der Waals surface area contributed by atoms with Gasteiger partial charge in [-0.3, -0.25) is 4.90 Å². The molecule has 2 aliphatic rings. The highest BCUT2D eigenvalue weighted by Gasteiger charge is 2.41. The van der Waals surface area contributed by atoms with E-state index in [-0.39, 0.29) is 11.5 Å². The molecule has 4 N–H and O–H groups in total. The van der Waals surface area contributed by atoms with E-state index in [1.54, 1.807) is 7.11 Å². The molecule has 3 aromatic rings. The lowest BCUT2D eigenvalue weighted by Gasteiger charge is -2.48. The Morgan fingerprint density at radius 2 is 2.09 bits per heavy atom. The van der Waals surface area contributed by atoms with Crippen LogP contribution in [0.3, 0.4) is 0 Å². The third-order valence-corrected chi connectivity index (χ3v) is 7.02. The first-order valence-electron chi connectivity index (χ1n) is 12.7. The Labute approximate surface area is 207 Å². The van der Waals surface area contributed by atoms with Crippen LogP contribution in [0.15, 0.2) is 30.5 Å². The molecule has 4 heterocycles. The third kappa shape index (κ3) is 5.22. The molecule has 2 aromatic heterocycles. The zero-order valence-electron chi connectivity index (χ0n) is 20.8. The maximum Gasteiger partial charge on any atom is 0.222 e. The van der Waals surface area contributed by atoms with E-state index in [1.165, 1.54) is 18.4 Å². The average molecular weight is 480 g/mol. The molecular weight excluding hydrogens is 442 g/mol. The van der Waals surface area contributed by atoms with E-state index >= 15 is 0 Å². The predicted molar refractivity (Wildman–Crippen MR) is 139 cm³/mol. The average Bonchev–Trinajstić information content (AvgIpc) is 3.24. The second-order valence-corrected chi connectivity index (χ2v) is 9.73. The molecule has 2 aliphatic heterocycles. The van der Waals surface area contributed by atoms with Crippen molar-refractivity contribution in [3.05, 3.63) is 41.6 Å². The van der Waals surface area contributed by atoms with Gasteiger partial charge in [0.2, 0.25) is 5.95 Å². The highest BCUT2D eigenvalue weighted by Crippen LogP contribution is 2.28. The van der Waals surface area contributed by atoms with Crippen molar-refractivity contribution in [2.75, 3.05) is 57.5 Å². The molecule has 35 heavy (non-hydrogen) atoms. The van der Waals surface area contributed by atoms with Crippen molar-refractivity contribution < 1.29 is 9.47 Å². The van der Waals surface area contributed by atoms with Crippen LogP contribution >= 0.6 is 0 Å². The molecule has 5 rings (SSSR count). The van der Waals surface area contributed by atoms with Gasteiger partial charge in [0.15, 0.2) is 5.82 Å². The maximum atomic E-state index is 6.03. The fourth-order valence-electron chi connectivity index (χ4n) is 5.10. The van der Waals surface area contributed by atoms with Crippen LogP contribution in [0.2, 0.25) is 0 Å². The number of hydrogen-bond acceptors (Lipinski definition) is 8. The van der Waals surface area contributed by atoms with Gasteiger partial charge in [0.05, 0.1) is 25.8 Å². The number of benzene rings is 1. The minimum atomic E-state index is 0.00546. The molecule has 0 unspecified atom stereocenters. The van der Waals surface area contributed by atoms with E-state index in [4.69, 9.17) is 15.2 Å². The second kappa shape index (κ2) is 10.4. The summed E-state index contributed by atoms with van der Waals surface area (Å²) in [5.41, 5.74) is 10.2. The number of nitrogens with two attached hydrogens (primary N) is 1. The molecule has 0 bridgehead atoms. The lowest BCUT2D eigenvalue weighted by atomic mass is 9.94. The van der Waals surface area contributed by atoms with E-state index < -0.39 is 0 Å². The summed E-state index contributed by atoms with van der Waals surface area (Å²) in [4.78, 5) is 11.4. The first-order valence-corrected chi connectivity index (χ1v) is 12.7. The lowest BCUT2D eigenvalue weighted by molar-refractivity contribution is -0.137. The summed E-state index contributed by atoms with van der Waals surface area (Å²) in [5, 5.41) is 6.82. The van der Waals surface area contributed by atoms with Crippen molar-refractivity contribution in [2.45, 2.75) is 44.9 Å². The summed E-state index contributed by atoms with van der Waals surface area (Å²) in [7, 11) is 1.74. The van der Waals surface area contributed by atoms with Gasteiger partial charge >= 0.3 is 0 Å². The number of methoxy groups -OCH3 is 1. The molecule has 9 nitrogen and oxygen atoms in total. The normalized spacial score (nSPS) is 17.5. The van der Waals surface area contributed by atoms with Crippen molar-refractivity contribution in [1.29, 1.82) is 0 Å². The first kappa shape index (κ1) is 23.8. The minimum absolute atomic E-state index is 0.00546. The Morgan fingerprint density at radius 1 is 1.20 bits per heavy atom. The van der Waals surface area contributed by atoms with Crippen LogP contribution in [0, 0.1) is 0 Å². The van der Waals surface area contributed by atoms with E-state index in [2.05, 4.69) is 55.2 Å². The fraction of sp³-hybridized carbons (Fsp3) is 0.538. The number of nitrogen functional groups attached to an aromatic ring is 1. The highest BCUT2D eigenvalue weighted by molar-refractivity contribution is 5.87. The molecule has 2 fully saturated rings. The first-order chi connectivity index (χ1) is 17.1.